The van der Waals surface area contributed by atoms with E-state index in [0.29, 0.717) is 22.1 Å². The zero-order valence-electron chi connectivity index (χ0n) is 19.5. The van der Waals surface area contributed by atoms with E-state index in [-0.39, 0.29) is 18.4 Å². The Hall–Kier alpha value is -4.33. The number of rotatable bonds is 6. The topological polar surface area (TPSA) is 126 Å². The van der Waals surface area contributed by atoms with E-state index in [1.54, 1.807) is 19.2 Å². The predicted octanol–water partition coefficient (Wildman–Crippen LogP) is 4.30. The van der Waals surface area contributed by atoms with E-state index >= 15 is 0 Å². The summed E-state index contributed by atoms with van der Waals surface area (Å²) < 4.78 is 11.2. The lowest BCUT2D eigenvalue weighted by molar-refractivity contribution is -0.141. The molecular weight excluding hydrogens is 448 g/mol. The molecule has 1 amide bonds. The van der Waals surface area contributed by atoms with Crippen molar-refractivity contribution in [1.82, 2.24) is 10.3 Å². The van der Waals surface area contributed by atoms with Crippen molar-refractivity contribution in [3.63, 3.8) is 0 Å². The first-order valence-corrected chi connectivity index (χ1v) is 11.3. The van der Waals surface area contributed by atoms with Crippen molar-refractivity contribution in [2.24, 2.45) is 0 Å². The third-order valence-electron chi connectivity index (χ3n) is 6.65. The number of furan rings is 1. The van der Waals surface area contributed by atoms with Crippen LogP contribution in [0.25, 0.3) is 32.8 Å². The van der Waals surface area contributed by atoms with Gasteiger partial charge in [-0.2, -0.15) is 0 Å². The predicted molar refractivity (Wildman–Crippen MR) is 132 cm³/mol. The van der Waals surface area contributed by atoms with Crippen molar-refractivity contribution in [3.8, 4) is 0 Å². The zero-order valence-corrected chi connectivity index (χ0v) is 19.5. The second-order valence-electron chi connectivity index (χ2n) is 8.82. The number of amides is 1. The van der Waals surface area contributed by atoms with Crippen LogP contribution >= 0.6 is 0 Å². The number of aromatic nitrogens is 1. The number of carbonyl (C=O) groups is 2. The molecular formula is C27H24N2O6. The van der Waals surface area contributed by atoms with Gasteiger partial charge in [-0.25, -0.2) is 9.59 Å². The number of H-pyrrole nitrogens is 1. The molecule has 0 fully saturated rings. The molecule has 8 heteroatoms. The molecule has 0 spiro atoms. The van der Waals surface area contributed by atoms with Crippen LogP contribution in [0, 0.1) is 20.8 Å². The van der Waals surface area contributed by atoms with E-state index in [1.165, 1.54) is 0 Å². The molecule has 2 aromatic carbocycles. The van der Waals surface area contributed by atoms with Gasteiger partial charge >= 0.3 is 11.6 Å². The quantitative estimate of drug-likeness (QED) is 0.316. The van der Waals surface area contributed by atoms with Gasteiger partial charge in [-0.3, -0.25) is 4.79 Å². The van der Waals surface area contributed by atoms with Gasteiger partial charge in [-0.1, -0.05) is 18.2 Å². The van der Waals surface area contributed by atoms with E-state index in [2.05, 4.69) is 10.3 Å². The molecule has 0 unspecified atom stereocenters. The first-order chi connectivity index (χ1) is 16.7. The van der Waals surface area contributed by atoms with E-state index in [4.69, 9.17) is 8.83 Å². The fourth-order valence-corrected chi connectivity index (χ4v) is 4.56. The maximum absolute atomic E-state index is 12.9. The lowest BCUT2D eigenvalue weighted by Gasteiger charge is -2.15. The van der Waals surface area contributed by atoms with Gasteiger partial charge < -0.3 is 24.2 Å². The van der Waals surface area contributed by atoms with E-state index < -0.39 is 23.5 Å². The molecule has 0 saturated carbocycles. The van der Waals surface area contributed by atoms with Crippen molar-refractivity contribution in [3.05, 3.63) is 81.0 Å². The van der Waals surface area contributed by atoms with Crippen molar-refractivity contribution >= 4 is 44.7 Å². The van der Waals surface area contributed by atoms with Crippen molar-refractivity contribution < 1.29 is 23.5 Å². The number of benzene rings is 2. The van der Waals surface area contributed by atoms with Crippen LogP contribution < -0.4 is 10.9 Å². The summed E-state index contributed by atoms with van der Waals surface area (Å²) in [6, 6.07) is 9.98. The summed E-state index contributed by atoms with van der Waals surface area (Å²) in [7, 11) is 0. The van der Waals surface area contributed by atoms with Crippen LogP contribution in [0.15, 0.2) is 56.2 Å². The van der Waals surface area contributed by atoms with Gasteiger partial charge in [0.05, 0.1) is 12.0 Å². The molecule has 0 saturated heterocycles. The molecule has 3 N–H and O–H groups in total. The van der Waals surface area contributed by atoms with E-state index in [0.717, 1.165) is 33.2 Å². The van der Waals surface area contributed by atoms with Gasteiger partial charge in [0.2, 0.25) is 5.91 Å². The fourth-order valence-electron chi connectivity index (χ4n) is 4.56. The molecule has 0 bridgehead atoms. The Balaban J connectivity index is 1.42. The lowest BCUT2D eigenvalue weighted by atomic mass is 10.0. The molecule has 35 heavy (non-hydrogen) atoms. The van der Waals surface area contributed by atoms with Crippen LogP contribution in [-0.4, -0.2) is 28.0 Å². The molecule has 5 aromatic rings. The van der Waals surface area contributed by atoms with Gasteiger partial charge in [-0.05, 0) is 49.6 Å². The van der Waals surface area contributed by atoms with Crippen LogP contribution in [0.2, 0.25) is 0 Å². The Bertz CT molecular complexity index is 1690. The normalized spacial score (nSPS) is 12.4. The molecule has 0 aliphatic rings. The van der Waals surface area contributed by atoms with Crippen LogP contribution in [0.4, 0.5) is 0 Å². The molecule has 1 atom stereocenters. The number of hydrogen-bond acceptors (Lipinski definition) is 5. The maximum Gasteiger partial charge on any atom is 0.340 e. The minimum Gasteiger partial charge on any atom is -0.480 e. The molecule has 8 nitrogen and oxygen atoms in total. The second-order valence-corrected chi connectivity index (χ2v) is 8.82. The van der Waals surface area contributed by atoms with Gasteiger partial charge in [0, 0.05) is 40.4 Å². The molecule has 0 aliphatic heterocycles. The number of hydrogen-bond donors (Lipinski definition) is 3. The number of aliphatic carboxylic acids is 1. The Morgan fingerprint density at radius 2 is 1.71 bits per heavy atom. The highest BCUT2D eigenvalue weighted by molar-refractivity contribution is 5.97. The number of nitrogens with one attached hydrogen (secondary N) is 2. The summed E-state index contributed by atoms with van der Waals surface area (Å²) in [5, 5.41) is 14.8. The van der Waals surface area contributed by atoms with Crippen molar-refractivity contribution in [2.75, 3.05) is 0 Å². The zero-order chi connectivity index (χ0) is 24.9. The minimum absolute atomic E-state index is 0.105. The summed E-state index contributed by atoms with van der Waals surface area (Å²) in [6.07, 6.45) is 1.56. The summed E-state index contributed by atoms with van der Waals surface area (Å²) in [5.41, 5.74) is 3.85. The SMILES string of the molecule is Cc1oc2cc3oc(=O)c(CC(=O)N[C@@H](Cc4c[nH]c5ccccc45)C(=O)O)c(C)c3cc2c1C. The van der Waals surface area contributed by atoms with E-state index in [9.17, 15) is 19.5 Å². The third kappa shape index (κ3) is 3.97. The molecule has 5 rings (SSSR count). The van der Waals surface area contributed by atoms with Gasteiger partial charge in [0.1, 0.15) is 23.0 Å². The highest BCUT2D eigenvalue weighted by Crippen LogP contribution is 2.31. The Kier molecular flexibility index (Phi) is 5.43. The van der Waals surface area contributed by atoms with Crippen molar-refractivity contribution in [2.45, 2.75) is 39.7 Å². The second kappa shape index (κ2) is 8.47. The maximum atomic E-state index is 12.9. The number of aromatic amines is 1. The minimum atomic E-state index is -1.15. The number of aryl methyl sites for hydroxylation is 3. The molecule has 3 heterocycles. The summed E-state index contributed by atoms with van der Waals surface area (Å²) in [6.45, 7) is 5.58. The highest BCUT2D eigenvalue weighted by Gasteiger charge is 2.24. The van der Waals surface area contributed by atoms with Crippen molar-refractivity contribution in [1.29, 1.82) is 0 Å². The number of carbonyl (C=O) groups excluding carboxylic acids is 1. The smallest absolute Gasteiger partial charge is 0.340 e. The summed E-state index contributed by atoms with van der Waals surface area (Å²) in [4.78, 5) is 40.6. The molecule has 0 aliphatic carbocycles. The standard InChI is InChI=1S/C27H24N2O6/c1-13-15(3)34-23-11-24-19(9-18(13)23)14(2)20(27(33)35-24)10-25(30)29-22(26(31)32)8-16-12-28-21-7-5-4-6-17(16)21/h4-7,9,11-12,22,28H,8,10H2,1-3H3,(H,29,30)(H,31,32)/t22-/m0/s1. The molecule has 3 aromatic heterocycles. The first-order valence-electron chi connectivity index (χ1n) is 11.3. The Morgan fingerprint density at radius 1 is 1.00 bits per heavy atom. The van der Waals surface area contributed by atoms with Crippen LogP contribution in [0.3, 0.4) is 0 Å². The van der Waals surface area contributed by atoms with Gasteiger partial charge in [0.25, 0.3) is 0 Å². The van der Waals surface area contributed by atoms with Crippen LogP contribution in [-0.2, 0) is 22.4 Å². The van der Waals surface area contributed by atoms with Gasteiger partial charge in [-0.15, -0.1) is 0 Å². The van der Waals surface area contributed by atoms with Crippen LogP contribution in [0.5, 0.6) is 0 Å². The van der Waals surface area contributed by atoms with Gasteiger partial charge in [0.15, 0.2) is 0 Å². The Labute approximate surface area is 199 Å². The largest absolute Gasteiger partial charge is 0.480 e. The van der Waals surface area contributed by atoms with Crippen LogP contribution in [0.1, 0.15) is 28.0 Å². The third-order valence-corrected chi connectivity index (χ3v) is 6.65. The summed E-state index contributed by atoms with van der Waals surface area (Å²) in [5.74, 6) is -0.938. The summed E-state index contributed by atoms with van der Waals surface area (Å²) >= 11 is 0. The highest BCUT2D eigenvalue weighted by atomic mass is 16.4. The number of carboxylic acid groups (broad SMARTS) is 1. The van der Waals surface area contributed by atoms with E-state index in [1.807, 2.05) is 44.2 Å². The fraction of sp³-hybridized carbons (Fsp3) is 0.222. The monoisotopic (exact) mass is 472 g/mol. The Morgan fingerprint density at radius 3 is 2.49 bits per heavy atom. The molecule has 0 radical (unpaired) electrons. The molecule has 178 valence electrons. The number of carboxylic acids is 1. The average molecular weight is 472 g/mol. The average Bonchev–Trinajstić information content (AvgIpc) is 3.35. The number of fused-ring (bicyclic) bond motifs is 3. The number of para-hydroxylation sites is 1. The lowest BCUT2D eigenvalue weighted by Crippen LogP contribution is -2.43. The first kappa shape index (κ1) is 22.5.